The average molecular weight is 386 g/mol. The number of nitriles is 2. The molecule has 8 heteroatoms. The lowest BCUT2D eigenvalue weighted by molar-refractivity contribution is -0.124. The van der Waals surface area contributed by atoms with Gasteiger partial charge in [0, 0.05) is 19.2 Å². The molecule has 1 aromatic carbocycles. The molecule has 142 valence electrons. The van der Waals surface area contributed by atoms with Crippen LogP contribution in [0.3, 0.4) is 0 Å². The van der Waals surface area contributed by atoms with Crippen molar-refractivity contribution >= 4 is 22.0 Å². The van der Waals surface area contributed by atoms with Crippen LogP contribution in [0.4, 0.5) is 0 Å². The molecule has 2 rings (SSSR count). The molecule has 27 heavy (non-hydrogen) atoms. The van der Waals surface area contributed by atoms with E-state index in [0.717, 1.165) is 30.6 Å². The van der Waals surface area contributed by atoms with Crippen LogP contribution in [-0.2, 0) is 14.8 Å². The molecular weight excluding hydrogens is 364 g/mol. The number of hydrogen-bond donors (Lipinski definition) is 0. The standard InChI is InChI=1S/C19H22N4O3S/c20-11-15-22(16-12-21)19(24)10-7-17-5-8-18(9-6-17)27(25,26)23-13-3-1-2-4-14-23/h5-10H,1-4,13-16H2/b10-7+. The van der Waals surface area contributed by atoms with Crippen LogP contribution in [0.15, 0.2) is 35.2 Å². The number of carbonyl (C=O) groups is 1. The first-order chi connectivity index (χ1) is 13.0. The molecule has 0 aromatic heterocycles. The van der Waals surface area contributed by atoms with Gasteiger partial charge in [0.05, 0.1) is 17.0 Å². The fourth-order valence-electron chi connectivity index (χ4n) is 2.84. The Kier molecular flexibility index (Phi) is 7.54. The second-order valence-corrected chi connectivity index (χ2v) is 8.17. The minimum absolute atomic E-state index is 0.163. The van der Waals surface area contributed by atoms with E-state index in [-0.39, 0.29) is 18.0 Å². The summed E-state index contributed by atoms with van der Waals surface area (Å²) in [4.78, 5) is 13.4. The zero-order valence-electron chi connectivity index (χ0n) is 15.0. The lowest BCUT2D eigenvalue weighted by atomic mass is 10.2. The van der Waals surface area contributed by atoms with Gasteiger partial charge in [-0.3, -0.25) is 4.79 Å². The number of rotatable bonds is 6. The zero-order valence-corrected chi connectivity index (χ0v) is 15.9. The predicted molar refractivity (Wildman–Crippen MR) is 101 cm³/mol. The highest BCUT2D eigenvalue weighted by Crippen LogP contribution is 2.21. The Morgan fingerprint density at radius 1 is 1.04 bits per heavy atom. The first-order valence-electron chi connectivity index (χ1n) is 8.80. The second kappa shape index (κ2) is 9.86. The van der Waals surface area contributed by atoms with E-state index in [2.05, 4.69) is 0 Å². The van der Waals surface area contributed by atoms with E-state index in [9.17, 15) is 13.2 Å². The minimum Gasteiger partial charge on any atom is -0.313 e. The number of carbonyl (C=O) groups excluding carboxylic acids is 1. The molecule has 0 bridgehead atoms. The van der Waals surface area contributed by atoms with Crippen LogP contribution >= 0.6 is 0 Å². The highest BCUT2D eigenvalue weighted by Gasteiger charge is 2.24. The third kappa shape index (κ3) is 5.65. The number of benzene rings is 1. The van der Waals surface area contributed by atoms with Crippen molar-refractivity contribution in [3.05, 3.63) is 35.9 Å². The molecule has 0 spiro atoms. The van der Waals surface area contributed by atoms with E-state index < -0.39 is 15.9 Å². The quantitative estimate of drug-likeness (QED) is 0.550. The molecule has 0 radical (unpaired) electrons. The topological polar surface area (TPSA) is 105 Å². The third-order valence-corrected chi connectivity index (χ3v) is 6.25. The van der Waals surface area contributed by atoms with E-state index in [4.69, 9.17) is 10.5 Å². The van der Waals surface area contributed by atoms with Crippen molar-refractivity contribution in [3.63, 3.8) is 0 Å². The van der Waals surface area contributed by atoms with Gasteiger partial charge >= 0.3 is 0 Å². The minimum atomic E-state index is -3.50. The Bertz CT molecular complexity index is 840. The van der Waals surface area contributed by atoms with Crippen LogP contribution in [0.1, 0.15) is 31.2 Å². The van der Waals surface area contributed by atoms with Gasteiger partial charge in [-0.1, -0.05) is 25.0 Å². The summed E-state index contributed by atoms with van der Waals surface area (Å²) in [5.74, 6) is -0.445. The normalized spacial score (nSPS) is 15.6. The molecule has 0 unspecified atom stereocenters. The first-order valence-corrected chi connectivity index (χ1v) is 10.2. The molecule has 1 aliphatic rings. The summed E-state index contributed by atoms with van der Waals surface area (Å²) >= 11 is 0. The Morgan fingerprint density at radius 2 is 1.59 bits per heavy atom. The average Bonchev–Trinajstić information content (AvgIpc) is 2.96. The van der Waals surface area contributed by atoms with E-state index >= 15 is 0 Å². The Hall–Kier alpha value is -2.68. The molecule has 1 aliphatic heterocycles. The molecule has 0 saturated carbocycles. The largest absolute Gasteiger partial charge is 0.313 e. The number of hydrogen-bond acceptors (Lipinski definition) is 5. The van der Waals surface area contributed by atoms with Crippen molar-refractivity contribution in [1.82, 2.24) is 9.21 Å². The summed E-state index contributed by atoms with van der Waals surface area (Å²) in [7, 11) is -3.50. The van der Waals surface area contributed by atoms with Crippen molar-refractivity contribution in [1.29, 1.82) is 10.5 Å². The summed E-state index contributed by atoms with van der Waals surface area (Å²) in [5, 5.41) is 17.4. The predicted octanol–water partition coefficient (Wildman–Crippen LogP) is 2.14. The van der Waals surface area contributed by atoms with E-state index in [1.807, 2.05) is 12.1 Å². The van der Waals surface area contributed by atoms with Crippen LogP contribution in [0.25, 0.3) is 6.08 Å². The van der Waals surface area contributed by atoms with Crippen molar-refractivity contribution in [3.8, 4) is 12.1 Å². The Morgan fingerprint density at radius 3 is 2.11 bits per heavy atom. The summed E-state index contributed by atoms with van der Waals surface area (Å²) < 4.78 is 27.0. The van der Waals surface area contributed by atoms with Gasteiger partial charge in [0.2, 0.25) is 15.9 Å². The molecule has 1 heterocycles. The molecule has 1 amide bonds. The fourth-order valence-corrected chi connectivity index (χ4v) is 4.35. The molecule has 0 aliphatic carbocycles. The summed E-state index contributed by atoms with van der Waals surface area (Å²) in [5.41, 5.74) is 0.659. The van der Waals surface area contributed by atoms with Gasteiger partial charge in [0.25, 0.3) is 0 Å². The lowest BCUT2D eigenvalue weighted by Crippen LogP contribution is -2.31. The maximum Gasteiger partial charge on any atom is 0.248 e. The molecular formula is C19H22N4O3S. The Balaban J connectivity index is 2.09. The summed E-state index contributed by atoms with van der Waals surface area (Å²) in [6.07, 6.45) is 6.67. The van der Waals surface area contributed by atoms with Gasteiger partial charge in [-0.25, -0.2) is 8.42 Å². The number of amides is 1. The van der Waals surface area contributed by atoms with Gasteiger partial charge in [0.1, 0.15) is 13.1 Å². The fraction of sp³-hybridized carbons (Fsp3) is 0.421. The molecule has 1 fully saturated rings. The van der Waals surface area contributed by atoms with Crippen molar-refractivity contribution < 1.29 is 13.2 Å². The zero-order chi connectivity index (χ0) is 19.7. The highest BCUT2D eigenvalue weighted by atomic mass is 32.2. The molecule has 7 nitrogen and oxygen atoms in total. The second-order valence-electron chi connectivity index (χ2n) is 6.23. The van der Waals surface area contributed by atoms with E-state index in [1.54, 1.807) is 12.1 Å². The van der Waals surface area contributed by atoms with Crippen LogP contribution in [-0.4, -0.2) is 49.7 Å². The third-order valence-electron chi connectivity index (χ3n) is 4.34. The SMILES string of the molecule is N#CCN(CC#N)C(=O)/C=C/c1ccc(S(=O)(=O)N2CCCCCC2)cc1. The van der Waals surface area contributed by atoms with Crippen LogP contribution in [0.5, 0.6) is 0 Å². The van der Waals surface area contributed by atoms with Crippen LogP contribution in [0, 0.1) is 22.7 Å². The Labute approximate surface area is 160 Å². The van der Waals surface area contributed by atoms with Crippen LogP contribution in [0.2, 0.25) is 0 Å². The monoisotopic (exact) mass is 386 g/mol. The highest BCUT2D eigenvalue weighted by molar-refractivity contribution is 7.89. The summed E-state index contributed by atoms with van der Waals surface area (Å²) in [6, 6.07) is 10.0. The maximum absolute atomic E-state index is 12.7. The van der Waals surface area contributed by atoms with Gasteiger partial charge in [-0.15, -0.1) is 0 Å². The first kappa shape index (κ1) is 20.6. The number of sulfonamides is 1. The lowest BCUT2D eigenvalue weighted by Gasteiger charge is -2.19. The number of nitrogens with zero attached hydrogens (tertiary/aromatic N) is 4. The van der Waals surface area contributed by atoms with Crippen molar-refractivity contribution in [2.24, 2.45) is 0 Å². The molecule has 1 aromatic rings. The van der Waals surface area contributed by atoms with Gasteiger partial charge in [0.15, 0.2) is 0 Å². The van der Waals surface area contributed by atoms with Gasteiger partial charge in [-0.05, 0) is 36.6 Å². The van der Waals surface area contributed by atoms with Crippen LogP contribution < -0.4 is 0 Å². The van der Waals surface area contributed by atoms with E-state index in [1.165, 1.54) is 28.6 Å². The molecule has 1 saturated heterocycles. The van der Waals surface area contributed by atoms with E-state index in [0.29, 0.717) is 18.7 Å². The van der Waals surface area contributed by atoms with Crippen molar-refractivity contribution in [2.45, 2.75) is 30.6 Å². The molecule has 0 N–H and O–H groups in total. The van der Waals surface area contributed by atoms with Gasteiger partial charge in [-0.2, -0.15) is 14.8 Å². The van der Waals surface area contributed by atoms with Crippen molar-refractivity contribution in [2.75, 3.05) is 26.2 Å². The molecule has 0 atom stereocenters. The maximum atomic E-state index is 12.7. The van der Waals surface area contributed by atoms with Gasteiger partial charge < -0.3 is 4.90 Å². The summed E-state index contributed by atoms with van der Waals surface area (Å²) in [6.45, 7) is 0.770. The smallest absolute Gasteiger partial charge is 0.248 e.